The van der Waals surface area contributed by atoms with E-state index in [1.807, 2.05) is 17.8 Å². The number of thioether (sulfide) groups is 1. The van der Waals surface area contributed by atoms with Crippen molar-refractivity contribution in [2.75, 3.05) is 24.6 Å². The van der Waals surface area contributed by atoms with Crippen LogP contribution in [0.3, 0.4) is 0 Å². The Bertz CT molecular complexity index is 409. The molecule has 1 aromatic carbocycles. The topological polar surface area (TPSA) is 29.3 Å². The Morgan fingerprint density at radius 2 is 2.11 bits per heavy atom. The molecule has 2 rings (SSSR count). The minimum absolute atomic E-state index is 0.373. The zero-order chi connectivity index (χ0) is 13.2. The van der Waals surface area contributed by atoms with Crippen molar-refractivity contribution in [2.24, 2.45) is 0 Å². The molecule has 1 heterocycles. The van der Waals surface area contributed by atoms with Gasteiger partial charge in [0.2, 0.25) is 0 Å². The predicted molar refractivity (Wildman–Crippen MR) is 82.0 cm³/mol. The molecule has 18 heavy (non-hydrogen) atoms. The molecule has 2 N–H and O–H groups in total. The summed E-state index contributed by atoms with van der Waals surface area (Å²) in [5.74, 6) is 1.21. The lowest BCUT2D eigenvalue weighted by atomic mass is 9.98. The molecule has 0 atom stereocenters. The molecule has 0 bridgehead atoms. The highest BCUT2D eigenvalue weighted by Crippen LogP contribution is 2.26. The van der Waals surface area contributed by atoms with Gasteiger partial charge in [0, 0.05) is 35.8 Å². The Labute approximate surface area is 115 Å². The van der Waals surface area contributed by atoms with Crippen molar-refractivity contribution in [3.8, 4) is 0 Å². The van der Waals surface area contributed by atoms with Crippen molar-refractivity contribution in [3.05, 3.63) is 29.3 Å². The lowest BCUT2D eigenvalue weighted by Crippen LogP contribution is -2.33. The molecule has 0 aliphatic carbocycles. The standard InChI is InChI=1S/C15H24N2S/c1-15(2,3)18-10-9-17-8-7-13-12(11-17)5-4-6-14(13)16/h4-6H,7-11,16H2,1-3H3. The largest absolute Gasteiger partial charge is 0.398 e. The van der Waals surface area contributed by atoms with Crippen molar-refractivity contribution in [2.45, 2.75) is 38.5 Å². The van der Waals surface area contributed by atoms with E-state index in [9.17, 15) is 0 Å². The summed E-state index contributed by atoms with van der Waals surface area (Å²) in [6.07, 6.45) is 1.10. The smallest absolute Gasteiger partial charge is 0.0350 e. The summed E-state index contributed by atoms with van der Waals surface area (Å²) in [5, 5.41) is 0. The third kappa shape index (κ3) is 3.66. The van der Waals surface area contributed by atoms with Gasteiger partial charge in [0.25, 0.3) is 0 Å². The summed E-state index contributed by atoms with van der Waals surface area (Å²) in [7, 11) is 0. The molecule has 0 saturated carbocycles. The molecular formula is C15H24N2S. The first-order valence-electron chi connectivity index (χ1n) is 6.68. The van der Waals surface area contributed by atoms with Gasteiger partial charge in [-0.25, -0.2) is 0 Å². The number of anilines is 1. The highest BCUT2D eigenvalue weighted by atomic mass is 32.2. The molecule has 0 aromatic heterocycles. The van der Waals surface area contributed by atoms with Crippen molar-refractivity contribution in [3.63, 3.8) is 0 Å². The fourth-order valence-corrected chi connectivity index (χ4v) is 3.33. The molecule has 0 radical (unpaired) electrons. The number of hydrogen-bond donors (Lipinski definition) is 1. The second-order valence-electron chi connectivity index (χ2n) is 5.97. The quantitative estimate of drug-likeness (QED) is 0.850. The van der Waals surface area contributed by atoms with Crippen LogP contribution < -0.4 is 5.73 Å². The van der Waals surface area contributed by atoms with E-state index in [2.05, 4.69) is 37.8 Å². The number of benzene rings is 1. The minimum atomic E-state index is 0.373. The first-order chi connectivity index (χ1) is 8.46. The average molecular weight is 264 g/mol. The van der Waals surface area contributed by atoms with Crippen LogP contribution in [0.25, 0.3) is 0 Å². The van der Waals surface area contributed by atoms with Crippen LogP contribution in [0.15, 0.2) is 18.2 Å². The van der Waals surface area contributed by atoms with Crippen LogP contribution in [0.2, 0.25) is 0 Å². The van der Waals surface area contributed by atoms with Crippen LogP contribution in [-0.2, 0) is 13.0 Å². The molecule has 1 aliphatic heterocycles. The molecule has 0 fully saturated rings. The second kappa shape index (κ2) is 5.54. The number of nitrogens with two attached hydrogens (primary N) is 1. The van der Waals surface area contributed by atoms with E-state index in [-0.39, 0.29) is 0 Å². The Morgan fingerprint density at radius 3 is 2.83 bits per heavy atom. The molecule has 100 valence electrons. The Morgan fingerprint density at radius 1 is 1.33 bits per heavy atom. The van der Waals surface area contributed by atoms with Gasteiger partial charge in [-0.05, 0) is 23.6 Å². The summed E-state index contributed by atoms with van der Waals surface area (Å²) in [4.78, 5) is 2.54. The normalized spacial score (nSPS) is 16.6. The summed E-state index contributed by atoms with van der Waals surface area (Å²) in [6.45, 7) is 10.2. The van der Waals surface area contributed by atoms with E-state index in [0.717, 1.165) is 25.2 Å². The number of hydrogen-bond acceptors (Lipinski definition) is 3. The van der Waals surface area contributed by atoms with Crippen molar-refractivity contribution in [1.82, 2.24) is 4.90 Å². The van der Waals surface area contributed by atoms with Gasteiger partial charge in [-0.2, -0.15) is 11.8 Å². The highest BCUT2D eigenvalue weighted by Gasteiger charge is 2.18. The van der Waals surface area contributed by atoms with Crippen LogP contribution >= 0.6 is 11.8 Å². The van der Waals surface area contributed by atoms with E-state index in [0.29, 0.717) is 4.75 Å². The zero-order valence-electron chi connectivity index (χ0n) is 11.7. The zero-order valence-corrected chi connectivity index (χ0v) is 12.5. The van der Waals surface area contributed by atoms with Gasteiger partial charge in [0.15, 0.2) is 0 Å². The average Bonchev–Trinajstić information content (AvgIpc) is 2.27. The van der Waals surface area contributed by atoms with Crippen LogP contribution in [0, 0.1) is 0 Å². The molecule has 2 nitrogen and oxygen atoms in total. The number of nitrogens with zero attached hydrogens (tertiary/aromatic N) is 1. The van der Waals surface area contributed by atoms with Crippen LogP contribution in [-0.4, -0.2) is 28.5 Å². The third-order valence-corrected chi connectivity index (χ3v) is 4.58. The molecule has 0 saturated heterocycles. The van der Waals surface area contributed by atoms with Gasteiger partial charge < -0.3 is 5.73 Å². The van der Waals surface area contributed by atoms with Crippen molar-refractivity contribution < 1.29 is 0 Å². The second-order valence-corrected chi connectivity index (χ2v) is 7.89. The first-order valence-corrected chi connectivity index (χ1v) is 7.67. The van der Waals surface area contributed by atoms with Crippen molar-refractivity contribution in [1.29, 1.82) is 0 Å². The molecule has 0 amide bonds. The maximum Gasteiger partial charge on any atom is 0.0350 e. The van der Waals surface area contributed by atoms with E-state index < -0.39 is 0 Å². The van der Waals surface area contributed by atoms with Gasteiger partial charge in [-0.15, -0.1) is 0 Å². The summed E-state index contributed by atoms with van der Waals surface area (Å²) < 4.78 is 0.373. The molecule has 3 heteroatoms. The number of nitrogen functional groups attached to an aromatic ring is 1. The van der Waals surface area contributed by atoms with E-state index in [1.54, 1.807) is 0 Å². The monoisotopic (exact) mass is 264 g/mol. The lowest BCUT2D eigenvalue weighted by Gasteiger charge is -2.30. The fraction of sp³-hybridized carbons (Fsp3) is 0.600. The lowest BCUT2D eigenvalue weighted by molar-refractivity contribution is 0.270. The summed E-state index contributed by atoms with van der Waals surface area (Å²) in [6, 6.07) is 6.31. The van der Waals surface area contributed by atoms with Crippen LogP contribution in [0.1, 0.15) is 31.9 Å². The van der Waals surface area contributed by atoms with Crippen molar-refractivity contribution >= 4 is 17.4 Å². The SMILES string of the molecule is CC(C)(C)SCCN1CCc2c(N)cccc2C1. The maximum atomic E-state index is 6.02. The van der Waals surface area contributed by atoms with E-state index >= 15 is 0 Å². The summed E-state index contributed by atoms with van der Waals surface area (Å²) in [5.41, 5.74) is 9.78. The van der Waals surface area contributed by atoms with Gasteiger partial charge in [0.05, 0.1) is 0 Å². The molecule has 0 spiro atoms. The number of rotatable bonds is 3. The Kier molecular flexibility index (Phi) is 4.23. The molecule has 0 unspecified atom stereocenters. The van der Waals surface area contributed by atoms with E-state index in [1.165, 1.54) is 23.4 Å². The minimum Gasteiger partial charge on any atom is -0.398 e. The fourth-order valence-electron chi connectivity index (χ4n) is 2.37. The van der Waals surface area contributed by atoms with Gasteiger partial charge in [0.1, 0.15) is 0 Å². The van der Waals surface area contributed by atoms with Gasteiger partial charge in [-0.3, -0.25) is 4.90 Å². The first kappa shape index (κ1) is 13.8. The van der Waals surface area contributed by atoms with Gasteiger partial charge >= 0.3 is 0 Å². The highest BCUT2D eigenvalue weighted by molar-refractivity contribution is 8.00. The molecule has 1 aliphatic rings. The number of fused-ring (bicyclic) bond motifs is 1. The Balaban J connectivity index is 1.89. The van der Waals surface area contributed by atoms with Crippen LogP contribution in [0.4, 0.5) is 5.69 Å². The molecule has 1 aromatic rings. The molecular weight excluding hydrogens is 240 g/mol. The summed E-state index contributed by atoms with van der Waals surface area (Å²) >= 11 is 2.05. The maximum absolute atomic E-state index is 6.02. The predicted octanol–water partition coefficient (Wildman–Crippen LogP) is 3.16. The van der Waals surface area contributed by atoms with Crippen LogP contribution in [0.5, 0.6) is 0 Å². The van der Waals surface area contributed by atoms with Gasteiger partial charge in [-0.1, -0.05) is 32.9 Å². The van der Waals surface area contributed by atoms with E-state index in [4.69, 9.17) is 5.73 Å². The Hall–Kier alpha value is -0.670. The third-order valence-electron chi connectivity index (χ3n) is 3.32.